The van der Waals surface area contributed by atoms with Crippen molar-refractivity contribution in [2.75, 3.05) is 11.9 Å². The second-order valence-electron chi connectivity index (χ2n) is 10.2. The number of alkyl carbamates (subject to hydrolysis) is 1. The first-order valence-electron chi connectivity index (χ1n) is 12.6. The maximum atomic E-state index is 14.0. The quantitative estimate of drug-likeness (QED) is 0.312. The molecule has 2 aromatic carbocycles. The highest BCUT2D eigenvalue weighted by Gasteiger charge is 2.38. The van der Waals surface area contributed by atoms with E-state index in [-0.39, 0.29) is 5.92 Å². The molecule has 0 aromatic heterocycles. The molecule has 2 N–H and O–H groups in total. The molecular formula is C30H35ClN4O4. The summed E-state index contributed by atoms with van der Waals surface area (Å²) in [5.74, 6) is 1.01. The molecule has 0 aliphatic rings. The molecule has 0 spiro atoms. The monoisotopic (exact) mass is 550 g/mol. The second-order valence-corrected chi connectivity index (χ2v) is 10.6. The molecule has 0 bridgehead atoms. The van der Waals surface area contributed by atoms with Crippen molar-refractivity contribution in [1.29, 1.82) is 5.26 Å². The van der Waals surface area contributed by atoms with Gasteiger partial charge in [-0.05, 0) is 62.9 Å². The number of amides is 3. The highest BCUT2D eigenvalue weighted by atomic mass is 35.5. The van der Waals surface area contributed by atoms with E-state index in [1.54, 1.807) is 77.1 Å². The smallest absolute Gasteiger partial charge is 0.408 e. The van der Waals surface area contributed by atoms with Gasteiger partial charge in [0, 0.05) is 5.56 Å². The predicted octanol–water partition coefficient (Wildman–Crippen LogP) is 5.60. The number of nitriles is 1. The molecule has 8 nitrogen and oxygen atoms in total. The molecule has 0 saturated carbocycles. The minimum absolute atomic E-state index is 0.326. The Morgan fingerprint density at radius 3 is 2.31 bits per heavy atom. The number of hydrogen-bond donors (Lipinski definition) is 2. The first kappa shape index (κ1) is 31.2. The molecule has 0 heterocycles. The van der Waals surface area contributed by atoms with Gasteiger partial charge in [0.05, 0.1) is 16.8 Å². The van der Waals surface area contributed by atoms with E-state index in [0.717, 1.165) is 10.5 Å². The zero-order valence-corrected chi connectivity index (χ0v) is 23.9. The third-order valence-electron chi connectivity index (χ3n) is 6.10. The number of carbonyl (C=O) groups excluding carboxylic acids is 3. The average molecular weight is 551 g/mol. The summed E-state index contributed by atoms with van der Waals surface area (Å²) in [6, 6.07) is 11.5. The SMILES string of the molecule is C#Cc1ccc(C(C(=O)Nc2c(C)cccc2Cl)N(CC#N)C(=O)C(NC(=O)OC(C)(C)C)C(C)CC)cc1. The Hall–Kier alpha value is -4.01. The number of carbonyl (C=O) groups is 3. The normalized spacial score (nSPS) is 13.2. The van der Waals surface area contributed by atoms with E-state index in [9.17, 15) is 19.6 Å². The summed E-state index contributed by atoms with van der Waals surface area (Å²) in [4.78, 5) is 41.7. The molecule has 2 rings (SSSR count). The molecule has 0 radical (unpaired) electrons. The third-order valence-corrected chi connectivity index (χ3v) is 6.41. The van der Waals surface area contributed by atoms with Gasteiger partial charge < -0.3 is 20.3 Å². The number of hydrogen-bond acceptors (Lipinski definition) is 5. The Balaban J connectivity index is 2.59. The maximum absolute atomic E-state index is 14.0. The second kappa shape index (κ2) is 13.7. The lowest BCUT2D eigenvalue weighted by atomic mass is 9.95. The molecule has 0 aliphatic heterocycles. The number of nitrogens with zero attached hydrogens (tertiary/aromatic N) is 2. The average Bonchev–Trinajstić information content (AvgIpc) is 2.87. The maximum Gasteiger partial charge on any atom is 0.408 e. The molecule has 2 aromatic rings. The van der Waals surface area contributed by atoms with Crippen LogP contribution in [0, 0.1) is 36.5 Å². The summed E-state index contributed by atoms with van der Waals surface area (Å²) in [5.41, 5.74) is 1.35. The summed E-state index contributed by atoms with van der Waals surface area (Å²) in [6.07, 6.45) is 5.27. The van der Waals surface area contributed by atoms with Crippen LogP contribution in [0.25, 0.3) is 0 Å². The molecule has 9 heteroatoms. The van der Waals surface area contributed by atoms with Crippen LogP contribution in [0.15, 0.2) is 42.5 Å². The fourth-order valence-electron chi connectivity index (χ4n) is 3.89. The van der Waals surface area contributed by atoms with Crippen LogP contribution in [-0.2, 0) is 14.3 Å². The fourth-order valence-corrected chi connectivity index (χ4v) is 4.15. The molecule has 3 atom stereocenters. The Morgan fingerprint density at radius 2 is 1.79 bits per heavy atom. The number of ether oxygens (including phenoxy) is 1. The van der Waals surface area contributed by atoms with Gasteiger partial charge in [-0.15, -0.1) is 6.42 Å². The van der Waals surface area contributed by atoms with E-state index < -0.39 is 42.1 Å². The van der Waals surface area contributed by atoms with Crippen molar-refractivity contribution in [3.63, 3.8) is 0 Å². The Morgan fingerprint density at radius 1 is 1.15 bits per heavy atom. The summed E-state index contributed by atoms with van der Waals surface area (Å²) in [5, 5.41) is 15.5. The number of anilines is 1. The van der Waals surface area contributed by atoms with Crippen LogP contribution in [0.5, 0.6) is 0 Å². The van der Waals surface area contributed by atoms with Crippen molar-refractivity contribution >= 4 is 35.2 Å². The van der Waals surface area contributed by atoms with Crippen LogP contribution < -0.4 is 10.6 Å². The number of benzene rings is 2. The number of nitrogens with one attached hydrogen (secondary N) is 2. The van der Waals surface area contributed by atoms with Crippen molar-refractivity contribution in [2.45, 2.75) is 65.6 Å². The lowest BCUT2D eigenvalue weighted by molar-refractivity contribution is -0.141. The van der Waals surface area contributed by atoms with Crippen LogP contribution in [0.4, 0.5) is 10.5 Å². The van der Waals surface area contributed by atoms with Gasteiger partial charge in [0.2, 0.25) is 5.91 Å². The summed E-state index contributed by atoms with van der Waals surface area (Å²) >= 11 is 6.36. The van der Waals surface area contributed by atoms with E-state index >= 15 is 0 Å². The first-order valence-corrected chi connectivity index (χ1v) is 13.0. The summed E-state index contributed by atoms with van der Waals surface area (Å²) in [6.45, 7) is 10.2. The highest BCUT2D eigenvalue weighted by Crippen LogP contribution is 2.30. The van der Waals surface area contributed by atoms with Crippen molar-refractivity contribution in [3.05, 3.63) is 64.2 Å². The van der Waals surface area contributed by atoms with Crippen molar-refractivity contribution in [2.24, 2.45) is 5.92 Å². The molecule has 0 saturated heterocycles. The number of halogens is 1. The Labute approximate surface area is 235 Å². The van der Waals surface area contributed by atoms with Gasteiger partial charge in [0.1, 0.15) is 24.2 Å². The van der Waals surface area contributed by atoms with Gasteiger partial charge in [0.25, 0.3) is 5.91 Å². The number of para-hydroxylation sites is 1. The van der Waals surface area contributed by atoms with Crippen molar-refractivity contribution < 1.29 is 19.1 Å². The lowest BCUT2D eigenvalue weighted by Gasteiger charge is -2.34. The van der Waals surface area contributed by atoms with Crippen LogP contribution in [-0.4, -0.2) is 41.0 Å². The van der Waals surface area contributed by atoms with E-state index in [1.807, 2.05) is 13.0 Å². The molecule has 0 aliphatic carbocycles. The molecular weight excluding hydrogens is 516 g/mol. The van der Waals surface area contributed by atoms with Crippen molar-refractivity contribution in [1.82, 2.24) is 10.2 Å². The Kier molecular flexibility index (Phi) is 11.0. The van der Waals surface area contributed by atoms with E-state index in [2.05, 4.69) is 16.6 Å². The van der Waals surface area contributed by atoms with E-state index in [4.69, 9.17) is 22.8 Å². The van der Waals surface area contributed by atoms with Crippen LogP contribution in [0.2, 0.25) is 5.02 Å². The predicted molar refractivity (Wildman–Crippen MR) is 152 cm³/mol. The fraction of sp³-hybridized carbons (Fsp3) is 0.400. The number of rotatable bonds is 9. The van der Waals surface area contributed by atoms with Gasteiger partial charge in [-0.1, -0.05) is 62.1 Å². The zero-order chi connectivity index (χ0) is 29.3. The number of aryl methyl sites for hydroxylation is 1. The van der Waals surface area contributed by atoms with Crippen LogP contribution in [0.1, 0.15) is 63.8 Å². The molecule has 206 valence electrons. The van der Waals surface area contributed by atoms with Gasteiger partial charge >= 0.3 is 6.09 Å². The summed E-state index contributed by atoms with van der Waals surface area (Å²) < 4.78 is 5.38. The summed E-state index contributed by atoms with van der Waals surface area (Å²) in [7, 11) is 0. The van der Waals surface area contributed by atoms with Gasteiger partial charge in [-0.25, -0.2) is 4.79 Å². The third kappa shape index (κ3) is 8.49. The van der Waals surface area contributed by atoms with Crippen molar-refractivity contribution in [3.8, 4) is 18.4 Å². The molecule has 3 unspecified atom stereocenters. The van der Waals surface area contributed by atoms with Gasteiger partial charge in [-0.2, -0.15) is 5.26 Å². The van der Waals surface area contributed by atoms with Gasteiger partial charge in [0.15, 0.2) is 0 Å². The minimum Gasteiger partial charge on any atom is -0.444 e. The van der Waals surface area contributed by atoms with E-state index in [0.29, 0.717) is 28.3 Å². The standard InChI is InChI=1S/C30H35ClN4O4/c1-8-19(3)25(34-29(38)39-30(5,6)7)28(37)35(18-17-32)26(22-15-13-21(9-2)14-16-22)27(36)33-24-20(4)11-10-12-23(24)31/h2,10-16,19,25-26H,8,18H2,1,3-7H3,(H,33,36)(H,34,38). The Bertz CT molecular complexity index is 1250. The van der Waals surface area contributed by atoms with Gasteiger partial charge in [-0.3, -0.25) is 9.59 Å². The topological polar surface area (TPSA) is 112 Å². The highest BCUT2D eigenvalue weighted by molar-refractivity contribution is 6.34. The van der Waals surface area contributed by atoms with E-state index in [1.165, 1.54) is 0 Å². The molecule has 39 heavy (non-hydrogen) atoms. The molecule has 3 amide bonds. The lowest BCUT2D eigenvalue weighted by Crippen LogP contribution is -2.54. The number of terminal acetylenes is 1. The minimum atomic E-state index is -1.23. The molecule has 0 fully saturated rings. The largest absolute Gasteiger partial charge is 0.444 e. The van der Waals surface area contributed by atoms with Crippen LogP contribution in [0.3, 0.4) is 0 Å². The zero-order valence-electron chi connectivity index (χ0n) is 23.2. The van der Waals surface area contributed by atoms with Crippen LogP contribution >= 0.6 is 11.6 Å². The first-order chi connectivity index (χ1) is 18.3.